The van der Waals surface area contributed by atoms with Crippen LogP contribution in [0.4, 0.5) is 5.69 Å². The average molecular weight is 498 g/mol. The van der Waals surface area contributed by atoms with Crippen LogP contribution in [-0.2, 0) is 11.3 Å². The van der Waals surface area contributed by atoms with Gasteiger partial charge in [0.15, 0.2) is 0 Å². The SMILES string of the molecule is O=C(O)/C=C/c1csc2c(NCc3ccccc3)c(C(=O)N3CCC(c4ccccc4)CC3)cnc12. The zero-order valence-electron chi connectivity index (χ0n) is 19.8. The van der Waals surface area contributed by atoms with Gasteiger partial charge in [-0.1, -0.05) is 60.7 Å². The summed E-state index contributed by atoms with van der Waals surface area (Å²) in [5.41, 5.74) is 5.15. The van der Waals surface area contributed by atoms with Gasteiger partial charge in [-0.3, -0.25) is 9.78 Å². The fraction of sp³-hybridized carbons (Fsp3) is 0.207. The maximum absolute atomic E-state index is 13.7. The number of carbonyl (C=O) groups excluding carboxylic acids is 1. The summed E-state index contributed by atoms with van der Waals surface area (Å²) in [5.74, 6) is -0.572. The predicted octanol–water partition coefficient (Wildman–Crippen LogP) is 6.03. The van der Waals surface area contributed by atoms with Crippen molar-refractivity contribution in [1.82, 2.24) is 9.88 Å². The molecular formula is C29H27N3O3S. The Hall–Kier alpha value is -3.97. The van der Waals surface area contributed by atoms with Crippen LogP contribution in [0, 0.1) is 0 Å². The van der Waals surface area contributed by atoms with Gasteiger partial charge in [0.1, 0.15) is 0 Å². The van der Waals surface area contributed by atoms with Crippen molar-refractivity contribution in [2.45, 2.75) is 25.3 Å². The summed E-state index contributed by atoms with van der Waals surface area (Å²) in [6, 6.07) is 20.5. The van der Waals surface area contributed by atoms with E-state index in [1.807, 2.05) is 46.7 Å². The van der Waals surface area contributed by atoms with Crippen molar-refractivity contribution in [2.24, 2.45) is 0 Å². The third-order valence-corrected chi connectivity index (χ3v) is 7.62. The molecule has 1 amide bonds. The second-order valence-corrected chi connectivity index (χ2v) is 9.78. The number of carboxylic acid groups (broad SMARTS) is 1. The molecule has 0 aliphatic carbocycles. The van der Waals surface area contributed by atoms with Crippen molar-refractivity contribution in [3.63, 3.8) is 0 Å². The summed E-state index contributed by atoms with van der Waals surface area (Å²) in [7, 11) is 0. The van der Waals surface area contributed by atoms with Crippen LogP contribution >= 0.6 is 11.3 Å². The Morgan fingerprint density at radius 3 is 2.44 bits per heavy atom. The number of pyridine rings is 1. The van der Waals surface area contributed by atoms with Gasteiger partial charge in [0.25, 0.3) is 5.91 Å². The highest BCUT2D eigenvalue weighted by Gasteiger charge is 2.27. The molecule has 0 saturated carbocycles. The molecule has 0 spiro atoms. The molecule has 4 aromatic rings. The number of nitrogens with zero attached hydrogens (tertiary/aromatic N) is 2. The first-order valence-corrected chi connectivity index (χ1v) is 12.9. The van der Waals surface area contributed by atoms with Crippen LogP contribution in [0.25, 0.3) is 16.3 Å². The monoisotopic (exact) mass is 497 g/mol. The molecule has 5 rings (SSSR count). The molecule has 1 fully saturated rings. The first-order chi connectivity index (χ1) is 17.6. The third-order valence-electron chi connectivity index (χ3n) is 6.61. The molecule has 0 radical (unpaired) electrons. The molecule has 2 N–H and O–H groups in total. The standard InChI is InChI=1S/C29H27N3O3S/c33-25(34)12-11-23-19-36-28-26(23)31-18-24(27(28)30-17-20-7-3-1-4-8-20)29(35)32-15-13-22(14-16-32)21-9-5-2-6-10-21/h1-12,18-19,22H,13-17H2,(H,30,31)(H,33,34)/b12-11+. The molecule has 3 heterocycles. The summed E-state index contributed by atoms with van der Waals surface area (Å²) in [6.07, 6.45) is 6.15. The van der Waals surface area contributed by atoms with E-state index in [1.165, 1.54) is 16.9 Å². The van der Waals surface area contributed by atoms with Gasteiger partial charge < -0.3 is 15.3 Å². The zero-order valence-corrected chi connectivity index (χ0v) is 20.6. The maximum Gasteiger partial charge on any atom is 0.328 e. The molecule has 182 valence electrons. The Kier molecular flexibility index (Phi) is 7.09. The van der Waals surface area contributed by atoms with Crippen molar-refractivity contribution >= 4 is 45.2 Å². The molecule has 6 nitrogen and oxygen atoms in total. The van der Waals surface area contributed by atoms with Crippen LogP contribution in [-0.4, -0.2) is 40.0 Å². The normalized spacial score (nSPS) is 14.4. The van der Waals surface area contributed by atoms with Gasteiger partial charge in [-0.25, -0.2) is 4.79 Å². The Labute approximate surface area is 213 Å². The second kappa shape index (κ2) is 10.7. The molecule has 7 heteroatoms. The van der Waals surface area contributed by atoms with E-state index in [9.17, 15) is 9.59 Å². The number of aromatic nitrogens is 1. The number of hydrogen-bond donors (Lipinski definition) is 2. The smallest absolute Gasteiger partial charge is 0.328 e. The highest BCUT2D eigenvalue weighted by atomic mass is 32.1. The number of piperidine rings is 1. The quantitative estimate of drug-likeness (QED) is 0.305. The molecule has 1 saturated heterocycles. The van der Waals surface area contributed by atoms with E-state index in [2.05, 4.69) is 34.6 Å². The lowest BCUT2D eigenvalue weighted by molar-refractivity contribution is -0.131. The summed E-state index contributed by atoms with van der Waals surface area (Å²) in [5, 5.41) is 14.4. The van der Waals surface area contributed by atoms with E-state index in [4.69, 9.17) is 5.11 Å². The molecular weight excluding hydrogens is 470 g/mol. The van der Waals surface area contributed by atoms with Crippen molar-refractivity contribution in [1.29, 1.82) is 0 Å². The number of carbonyl (C=O) groups is 2. The number of nitrogens with one attached hydrogen (secondary N) is 1. The number of aliphatic carboxylic acids is 1. The zero-order chi connectivity index (χ0) is 24.9. The summed E-state index contributed by atoms with van der Waals surface area (Å²) >= 11 is 1.46. The van der Waals surface area contributed by atoms with E-state index in [-0.39, 0.29) is 5.91 Å². The number of fused-ring (bicyclic) bond motifs is 1. The lowest BCUT2D eigenvalue weighted by atomic mass is 9.89. The highest BCUT2D eigenvalue weighted by molar-refractivity contribution is 7.18. The van der Waals surface area contributed by atoms with E-state index < -0.39 is 5.97 Å². The maximum atomic E-state index is 13.7. The topological polar surface area (TPSA) is 82.5 Å². The molecule has 0 atom stereocenters. The van der Waals surface area contributed by atoms with Crippen LogP contribution in [0.3, 0.4) is 0 Å². The van der Waals surface area contributed by atoms with Gasteiger partial charge in [-0.05, 0) is 36.0 Å². The second-order valence-electron chi connectivity index (χ2n) is 8.90. The predicted molar refractivity (Wildman–Crippen MR) is 144 cm³/mol. The lowest BCUT2D eigenvalue weighted by Crippen LogP contribution is -2.38. The highest BCUT2D eigenvalue weighted by Crippen LogP contribution is 2.36. The van der Waals surface area contributed by atoms with Gasteiger partial charge in [0.05, 0.1) is 21.5 Å². The molecule has 1 aliphatic rings. The number of rotatable bonds is 7. The van der Waals surface area contributed by atoms with E-state index >= 15 is 0 Å². The van der Waals surface area contributed by atoms with E-state index in [1.54, 1.807) is 12.3 Å². The van der Waals surface area contributed by atoms with E-state index in [0.717, 1.165) is 40.4 Å². The van der Waals surface area contributed by atoms with Crippen LogP contribution in [0.5, 0.6) is 0 Å². The molecule has 0 bridgehead atoms. The van der Waals surface area contributed by atoms with Crippen molar-refractivity contribution in [3.05, 3.63) is 101 Å². The van der Waals surface area contributed by atoms with Gasteiger partial charge in [-0.15, -0.1) is 11.3 Å². The molecule has 1 aliphatic heterocycles. The Balaban J connectivity index is 1.43. The summed E-state index contributed by atoms with van der Waals surface area (Å²) < 4.78 is 0.848. The van der Waals surface area contributed by atoms with Crippen LogP contribution in [0.2, 0.25) is 0 Å². The minimum Gasteiger partial charge on any atom is -0.478 e. The Morgan fingerprint density at radius 2 is 1.75 bits per heavy atom. The number of likely N-dealkylation sites (tertiary alicyclic amines) is 1. The lowest BCUT2D eigenvalue weighted by Gasteiger charge is -2.32. The number of thiophene rings is 1. The molecule has 36 heavy (non-hydrogen) atoms. The van der Waals surface area contributed by atoms with Crippen molar-refractivity contribution < 1.29 is 14.7 Å². The number of benzene rings is 2. The van der Waals surface area contributed by atoms with Gasteiger partial charge >= 0.3 is 5.97 Å². The van der Waals surface area contributed by atoms with Crippen LogP contribution < -0.4 is 5.32 Å². The van der Waals surface area contributed by atoms with Crippen LogP contribution in [0.15, 0.2) is 78.3 Å². The molecule has 0 unspecified atom stereocenters. The number of hydrogen-bond acceptors (Lipinski definition) is 5. The van der Waals surface area contributed by atoms with Crippen LogP contribution in [0.1, 0.15) is 45.8 Å². The van der Waals surface area contributed by atoms with Gasteiger partial charge in [0, 0.05) is 42.9 Å². The minimum atomic E-state index is -1.01. The Morgan fingerprint density at radius 1 is 1.06 bits per heavy atom. The van der Waals surface area contributed by atoms with Crippen molar-refractivity contribution in [3.8, 4) is 0 Å². The van der Waals surface area contributed by atoms with E-state index in [0.29, 0.717) is 36.6 Å². The van der Waals surface area contributed by atoms with Gasteiger partial charge in [-0.2, -0.15) is 0 Å². The van der Waals surface area contributed by atoms with Crippen molar-refractivity contribution in [2.75, 3.05) is 18.4 Å². The summed E-state index contributed by atoms with van der Waals surface area (Å²) in [4.78, 5) is 31.2. The first kappa shape index (κ1) is 23.8. The Bertz CT molecular complexity index is 1390. The number of amides is 1. The molecule has 2 aromatic heterocycles. The summed E-state index contributed by atoms with van der Waals surface area (Å²) in [6.45, 7) is 1.96. The fourth-order valence-corrected chi connectivity index (χ4v) is 5.72. The van der Waals surface area contributed by atoms with Gasteiger partial charge in [0.2, 0.25) is 0 Å². The molecule has 2 aromatic carbocycles. The first-order valence-electron chi connectivity index (χ1n) is 12.0. The fourth-order valence-electron chi connectivity index (χ4n) is 4.71. The minimum absolute atomic E-state index is 0.0255. The number of anilines is 1. The third kappa shape index (κ3) is 5.16. The number of carboxylic acids is 1. The average Bonchev–Trinajstić information content (AvgIpc) is 3.34. The largest absolute Gasteiger partial charge is 0.478 e.